The molecule has 1 fully saturated rings. The van der Waals surface area contributed by atoms with Gasteiger partial charge < -0.3 is 19.6 Å². The van der Waals surface area contributed by atoms with Gasteiger partial charge in [0.25, 0.3) is 0 Å². The van der Waals surface area contributed by atoms with Crippen LogP contribution >= 0.6 is 0 Å². The number of carbonyl (C=O) groups is 2. The quantitative estimate of drug-likeness (QED) is 0.856. The van der Waals surface area contributed by atoms with E-state index in [0.29, 0.717) is 5.52 Å². The zero-order valence-electron chi connectivity index (χ0n) is 16.2. The van der Waals surface area contributed by atoms with E-state index in [2.05, 4.69) is 15.1 Å². The number of carboxylic acid groups (broad SMARTS) is 1. The highest BCUT2D eigenvalue weighted by molar-refractivity contribution is 6.05. The van der Waals surface area contributed by atoms with Crippen LogP contribution in [0.3, 0.4) is 0 Å². The molecule has 1 aliphatic heterocycles. The number of hydrogen-bond donors (Lipinski definition) is 2. The van der Waals surface area contributed by atoms with Crippen LogP contribution in [0.1, 0.15) is 44.0 Å². The number of hydrogen-bond acceptors (Lipinski definition) is 5. The number of nitrogens with one attached hydrogen (secondary N) is 1. The van der Waals surface area contributed by atoms with Crippen LogP contribution < -0.4 is 4.90 Å². The molecule has 1 amide bonds. The van der Waals surface area contributed by atoms with Crippen LogP contribution in [0.4, 0.5) is 10.5 Å². The van der Waals surface area contributed by atoms with E-state index in [1.165, 1.54) is 0 Å². The van der Waals surface area contributed by atoms with Crippen LogP contribution in [-0.2, 0) is 4.74 Å². The molecule has 146 valence electrons. The van der Waals surface area contributed by atoms with Gasteiger partial charge in [-0.25, -0.2) is 9.59 Å². The minimum atomic E-state index is -0.989. The van der Waals surface area contributed by atoms with E-state index in [1.54, 1.807) is 24.2 Å². The Balaban J connectivity index is 1.70. The topological polar surface area (TPSA) is 98.8 Å². The van der Waals surface area contributed by atoms with E-state index in [0.717, 1.165) is 37.0 Å². The van der Waals surface area contributed by atoms with E-state index < -0.39 is 11.6 Å². The highest BCUT2D eigenvalue weighted by Gasteiger charge is 2.29. The fraction of sp³-hybridized carbons (Fsp3) is 0.526. The first-order chi connectivity index (χ1) is 12.7. The van der Waals surface area contributed by atoms with Crippen molar-refractivity contribution in [3.8, 4) is 0 Å². The molecule has 1 aromatic heterocycles. The molecule has 27 heavy (non-hydrogen) atoms. The van der Waals surface area contributed by atoms with Crippen LogP contribution in [0, 0.1) is 0 Å². The van der Waals surface area contributed by atoms with E-state index in [1.807, 2.05) is 26.8 Å². The molecule has 0 saturated carbocycles. The number of anilines is 1. The summed E-state index contributed by atoms with van der Waals surface area (Å²) in [6.45, 7) is 7.11. The van der Waals surface area contributed by atoms with Gasteiger partial charge in [0.05, 0.1) is 5.56 Å². The van der Waals surface area contributed by atoms with Crippen molar-refractivity contribution in [2.75, 3.05) is 25.0 Å². The van der Waals surface area contributed by atoms with E-state index in [9.17, 15) is 14.7 Å². The van der Waals surface area contributed by atoms with E-state index >= 15 is 0 Å². The first-order valence-electron chi connectivity index (χ1n) is 9.08. The van der Waals surface area contributed by atoms with Gasteiger partial charge in [0.15, 0.2) is 0 Å². The second kappa shape index (κ2) is 7.09. The Kier molecular flexibility index (Phi) is 4.99. The number of fused-ring (bicyclic) bond motifs is 1. The van der Waals surface area contributed by atoms with Gasteiger partial charge >= 0.3 is 12.1 Å². The number of amides is 1. The van der Waals surface area contributed by atoms with Crippen molar-refractivity contribution >= 4 is 28.7 Å². The molecule has 2 heterocycles. The van der Waals surface area contributed by atoms with Gasteiger partial charge in [-0.05, 0) is 45.7 Å². The van der Waals surface area contributed by atoms with Crippen molar-refractivity contribution in [3.05, 3.63) is 23.9 Å². The minimum Gasteiger partial charge on any atom is -0.478 e. The Morgan fingerprint density at radius 2 is 1.96 bits per heavy atom. The molecule has 2 N–H and O–H groups in total. The summed E-state index contributed by atoms with van der Waals surface area (Å²) in [6, 6.07) is 3.55. The maximum Gasteiger partial charge on any atom is 0.410 e. The van der Waals surface area contributed by atoms with Crippen molar-refractivity contribution in [2.45, 2.75) is 45.3 Å². The zero-order valence-corrected chi connectivity index (χ0v) is 16.2. The third-order valence-corrected chi connectivity index (χ3v) is 4.84. The number of carbonyl (C=O) groups excluding carboxylic acids is 1. The van der Waals surface area contributed by atoms with Gasteiger partial charge in [0.2, 0.25) is 0 Å². The largest absolute Gasteiger partial charge is 0.478 e. The lowest BCUT2D eigenvalue weighted by Crippen LogP contribution is -2.47. The van der Waals surface area contributed by atoms with Crippen molar-refractivity contribution in [2.24, 2.45) is 0 Å². The summed E-state index contributed by atoms with van der Waals surface area (Å²) in [5.41, 5.74) is 1.11. The number of nitrogens with zero attached hydrogens (tertiary/aromatic N) is 3. The summed E-state index contributed by atoms with van der Waals surface area (Å²) < 4.78 is 5.45. The second-order valence-electron chi connectivity index (χ2n) is 7.89. The summed E-state index contributed by atoms with van der Waals surface area (Å²) in [4.78, 5) is 27.5. The minimum absolute atomic E-state index is 0.120. The number of H-pyrrole nitrogens is 1. The molecule has 1 saturated heterocycles. The van der Waals surface area contributed by atoms with Crippen LogP contribution in [0.5, 0.6) is 0 Å². The Morgan fingerprint density at radius 1 is 1.30 bits per heavy atom. The standard InChI is InChI=1S/C19H26N4O4/c1-19(2,3)27-18(26)22(4)12-7-9-23(10-8-12)15-6-5-13(17(24)25)16-14(15)11-20-21-16/h5-6,11-12H,7-10H2,1-4H3,(H,20,21)(H,24,25). The van der Waals surface area contributed by atoms with Gasteiger partial charge in [-0.3, -0.25) is 5.10 Å². The first-order valence-corrected chi connectivity index (χ1v) is 9.08. The van der Waals surface area contributed by atoms with Crippen LogP contribution in [-0.4, -0.2) is 64.0 Å². The molecule has 8 nitrogen and oxygen atoms in total. The molecule has 0 spiro atoms. The van der Waals surface area contributed by atoms with Crippen molar-refractivity contribution < 1.29 is 19.4 Å². The second-order valence-corrected chi connectivity index (χ2v) is 7.89. The SMILES string of the molecule is CN(C(=O)OC(C)(C)C)C1CCN(c2ccc(C(=O)O)c3n[nH]cc23)CC1. The van der Waals surface area contributed by atoms with Gasteiger partial charge in [-0.15, -0.1) is 0 Å². The maximum atomic E-state index is 12.3. The third-order valence-electron chi connectivity index (χ3n) is 4.84. The Hall–Kier alpha value is -2.77. The van der Waals surface area contributed by atoms with Gasteiger partial charge in [0.1, 0.15) is 11.1 Å². The molecule has 3 rings (SSSR count). The molecule has 0 radical (unpaired) electrons. The normalized spacial score (nSPS) is 15.8. The number of carboxylic acids is 1. The van der Waals surface area contributed by atoms with Crippen LogP contribution in [0.15, 0.2) is 18.3 Å². The predicted octanol–water partition coefficient (Wildman–Crippen LogP) is 3.10. The zero-order chi connectivity index (χ0) is 19.8. The van der Waals surface area contributed by atoms with Crippen molar-refractivity contribution in [3.63, 3.8) is 0 Å². The molecule has 0 atom stereocenters. The first kappa shape index (κ1) is 19.0. The Morgan fingerprint density at radius 3 is 2.56 bits per heavy atom. The number of ether oxygens (including phenoxy) is 1. The highest BCUT2D eigenvalue weighted by atomic mass is 16.6. The maximum absolute atomic E-state index is 12.3. The lowest BCUT2D eigenvalue weighted by Gasteiger charge is -2.38. The lowest BCUT2D eigenvalue weighted by atomic mass is 10.0. The average molecular weight is 374 g/mol. The number of benzene rings is 1. The van der Waals surface area contributed by atoms with Crippen LogP contribution in [0.25, 0.3) is 10.9 Å². The summed E-state index contributed by atoms with van der Waals surface area (Å²) in [5, 5.41) is 17.0. The van der Waals surface area contributed by atoms with Crippen LogP contribution in [0.2, 0.25) is 0 Å². The summed E-state index contributed by atoms with van der Waals surface area (Å²) in [7, 11) is 1.78. The van der Waals surface area contributed by atoms with Crippen molar-refractivity contribution in [1.29, 1.82) is 0 Å². The lowest BCUT2D eigenvalue weighted by molar-refractivity contribution is 0.0200. The third kappa shape index (κ3) is 3.99. The van der Waals surface area contributed by atoms with Gasteiger partial charge in [-0.2, -0.15) is 5.10 Å². The monoisotopic (exact) mass is 374 g/mol. The molecular weight excluding hydrogens is 348 g/mol. The highest BCUT2D eigenvalue weighted by Crippen LogP contribution is 2.31. The Bertz CT molecular complexity index is 847. The molecule has 1 aliphatic rings. The summed E-state index contributed by atoms with van der Waals surface area (Å²) in [5.74, 6) is -0.989. The molecule has 1 aromatic carbocycles. The fourth-order valence-corrected chi connectivity index (χ4v) is 3.45. The molecule has 2 aromatic rings. The fourth-order valence-electron chi connectivity index (χ4n) is 3.45. The smallest absolute Gasteiger partial charge is 0.410 e. The van der Waals surface area contributed by atoms with E-state index in [4.69, 9.17) is 4.74 Å². The van der Waals surface area contributed by atoms with Crippen molar-refractivity contribution in [1.82, 2.24) is 15.1 Å². The number of aromatic nitrogens is 2. The molecule has 8 heteroatoms. The average Bonchev–Trinajstić information content (AvgIpc) is 3.08. The number of aromatic carboxylic acids is 1. The summed E-state index contributed by atoms with van der Waals surface area (Å²) >= 11 is 0. The van der Waals surface area contributed by atoms with Gasteiger partial charge in [0, 0.05) is 43.4 Å². The predicted molar refractivity (Wildman–Crippen MR) is 102 cm³/mol. The number of rotatable bonds is 3. The molecule has 0 unspecified atom stereocenters. The van der Waals surface area contributed by atoms with E-state index in [-0.39, 0.29) is 17.7 Å². The van der Waals surface area contributed by atoms with Gasteiger partial charge in [-0.1, -0.05) is 0 Å². The molecule has 0 bridgehead atoms. The number of piperidine rings is 1. The Labute approximate surface area is 158 Å². The molecule has 0 aliphatic carbocycles. The summed E-state index contributed by atoms with van der Waals surface area (Å²) in [6.07, 6.45) is 3.06. The number of aromatic amines is 1. The molecular formula is C19H26N4O4.